The van der Waals surface area contributed by atoms with Gasteiger partial charge in [-0.05, 0) is 29.6 Å². The van der Waals surface area contributed by atoms with E-state index in [1.54, 1.807) is 35.5 Å². The summed E-state index contributed by atoms with van der Waals surface area (Å²) in [5, 5.41) is 2.48. The van der Waals surface area contributed by atoms with Crippen LogP contribution in [0.2, 0.25) is 10.2 Å². The van der Waals surface area contributed by atoms with E-state index < -0.39 is 0 Å². The second-order valence-electron chi connectivity index (χ2n) is 5.52. The number of hydrogen-bond acceptors (Lipinski definition) is 4. The summed E-state index contributed by atoms with van der Waals surface area (Å²) in [5.74, 6) is 0.443. The summed E-state index contributed by atoms with van der Waals surface area (Å²) in [5.41, 5.74) is 1.05. The molecule has 0 spiro atoms. The van der Waals surface area contributed by atoms with Crippen molar-refractivity contribution in [3.05, 3.63) is 80.2 Å². The lowest BCUT2D eigenvalue weighted by Crippen LogP contribution is -2.31. The van der Waals surface area contributed by atoms with Crippen LogP contribution in [-0.4, -0.2) is 22.9 Å². The zero-order valence-corrected chi connectivity index (χ0v) is 16.3. The van der Waals surface area contributed by atoms with Crippen LogP contribution in [0, 0.1) is 0 Å². The Morgan fingerprint density at radius 2 is 1.92 bits per heavy atom. The van der Waals surface area contributed by atoms with Gasteiger partial charge in [0.05, 0.1) is 25.2 Å². The number of aromatic nitrogens is 1. The van der Waals surface area contributed by atoms with Gasteiger partial charge >= 0.3 is 0 Å². The predicted molar refractivity (Wildman–Crippen MR) is 105 cm³/mol. The minimum atomic E-state index is -0.281. The number of carbonyl (C=O) groups is 1. The van der Waals surface area contributed by atoms with E-state index in [4.69, 9.17) is 27.9 Å². The summed E-state index contributed by atoms with van der Waals surface area (Å²) in [7, 11) is 1.61. The van der Waals surface area contributed by atoms with Crippen LogP contribution in [0.25, 0.3) is 0 Å². The third-order valence-corrected chi connectivity index (χ3v) is 5.16. The van der Waals surface area contributed by atoms with Crippen molar-refractivity contribution in [1.82, 2.24) is 9.88 Å². The van der Waals surface area contributed by atoms with Gasteiger partial charge in [0.2, 0.25) is 0 Å². The number of thiophene rings is 1. The maximum absolute atomic E-state index is 13.1. The van der Waals surface area contributed by atoms with Crippen LogP contribution in [0.4, 0.5) is 0 Å². The molecule has 2 heterocycles. The van der Waals surface area contributed by atoms with Crippen molar-refractivity contribution in [3.63, 3.8) is 0 Å². The third-order valence-electron chi connectivity index (χ3n) is 3.78. The molecule has 4 nitrogen and oxygen atoms in total. The van der Waals surface area contributed by atoms with Crippen molar-refractivity contribution in [2.75, 3.05) is 7.11 Å². The molecule has 7 heteroatoms. The fourth-order valence-electron chi connectivity index (χ4n) is 2.55. The minimum Gasteiger partial charge on any atom is -0.496 e. The van der Waals surface area contributed by atoms with Gasteiger partial charge in [-0.1, -0.05) is 47.5 Å². The summed E-state index contributed by atoms with van der Waals surface area (Å²) >= 11 is 13.7. The Bertz CT molecular complexity index is 900. The van der Waals surface area contributed by atoms with Crippen LogP contribution in [0.5, 0.6) is 5.75 Å². The molecule has 3 rings (SSSR count). The minimum absolute atomic E-state index is 0.144. The van der Waals surface area contributed by atoms with Crippen LogP contribution in [0.1, 0.15) is 20.9 Å². The number of amides is 1. The molecule has 134 valence electrons. The van der Waals surface area contributed by atoms with E-state index in [1.165, 1.54) is 0 Å². The lowest BCUT2D eigenvalue weighted by Gasteiger charge is -2.23. The van der Waals surface area contributed by atoms with Gasteiger partial charge in [-0.2, -0.15) is 0 Å². The Balaban J connectivity index is 1.95. The highest BCUT2D eigenvalue weighted by atomic mass is 35.5. The fraction of sp³-hybridized carbons (Fsp3) is 0.158. The van der Waals surface area contributed by atoms with Crippen LogP contribution >= 0.6 is 34.5 Å². The first-order valence-corrected chi connectivity index (χ1v) is 9.47. The molecule has 26 heavy (non-hydrogen) atoms. The van der Waals surface area contributed by atoms with Crippen molar-refractivity contribution in [3.8, 4) is 5.75 Å². The average Bonchev–Trinajstić information content (AvgIpc) is 3.16. The van der Waals surface area contributed by atoms with Gasteiger partial charge < -0.3 is 9.64 Å². The normalized spacial score (nSPS) is 10.6. The monoisotopic (exact) mass is 406 g/mol. The molecule has 0 fully saturated rings. The Morgan fingerprint density at radius 3 is 2.65 bits per heavy atom. The summed E-state index contributed by atoms with van der Waals surface area (Å²) in [6, 6.07) is 14.7. The number of rotatable bonds is 6. The zero-order valence-electron chi connectivity index (χ0n) is 14.0. The number of pyridine rings is 1. The lowest BCUT2D eigenvalue weighted by molar-refractivity contribution is 0.0725. The molecule has 0 N–H and O–H groups in total. The van der Waals surface area contributed by atoms with E-state index >= 15 is 0 Å². The summed E-state index contributed by atoms with van der Waals surface area (Å²) in [6.07, 6.45) is 0. The highest BCUT2D eigenvalue weighted by Crippen LogP contribution is 2.25. The quantitative estimate of drug-likeness (QED) is 0.521. The van der Waals surface area contributed by atoms with Crippen molar-refractivity contribution in [2.24, 2.45) is 0 Å². The molecule has 1 aromatic carbocycles. The number of methoxy groups -OCH3 is 1. The average molecular weight is 407 g/mol. The highest BCUT2D eigenvalue weighted by molar-refractivity contribution is 7.09. The van der Waals surface area contributed by atoms with Gasteiger partial charge in [0.25, 0.3) is 5.91 Å². The van der Waals surface area contributed by atoms with Crippen molar-refractivity contribution in [2.45, 2.75) is 13.1 Å². The van der Waals surface area contributed by atoms with Gasteiger partial charge in [-0.3, -0.25) is 4.79 Å². The van der Waals surface area contributed by atoms with E-state index in [9.17, 15) is 4.79 Å². The van der Waals surface area contributed by atoms with E-state index in [0.29, 0.717) is 13.1 Å². The maximum Gasteiger partial charge on any atom is 0.274 e. The molecule has 0 bridgehead atoms. The maximum atomic E-state index is 13.1. The van der Waals surface area contributed by atoms with Gasteiger partial charge in [0.15, 0.2) is 0 Å². The molecule has 0 radical (unpaired) electrons. The van der Waals surface area contributed by atoms with Gasteiger partial charge in [0, 0.05) is 10.4 Å². The first kappa shape index (κ1) is 18.7. The first-order valence-electron chi connectivity index (χ1n) is 7.84. The number of ether oxygens (including phenoxy) is 1. The lowest BCUT2D eigenvalue weighted by atomic mass is 10.1. The molecule has 0 aliphatic rings. The molecular weight excluding hydrogens is 391 g/mol. The van der Waals surface area contributed by atoms with Crippen molar-refractivity contribution >= 4 is 40.4 Å². The van der Waals surface area contributed by atoms with Crippen LogP contribution < -0.4 is 4.74 Å². The molecule has 1 amide bonds. The standard InChI is InChI=1S/C19H16Cl2N2O2S/c1-25-16-7-3-2-5-13(16)11-23(12-14-6-4-10-26-14)19(24)18-15(20)8-9-17(21)22-18/h2-10H,11-12H2,1H3. The fourth-order valence-corrected chi connectivity index (χ4v) is 3.60. The number of nitrogens with zero attached hydrogens (tertiary/aromatic N) is 2. The Labute approximate surface area is 166 Å². The second kappa shape index (κ2) is 8.54. The third kappa shape index (κ3) is 4.36. The summed E-state index contributed by atoms with van der Waals surface area (Å²) in [4.78, 5) is 20.0. The number of carbonyl (C=O) groups excluding carboxylic acids is 1. The number of hydrogen-bond donors (Lipinski definition) is 0. The highest BCUT2D eigenvalue weighted by Gasteiger charge is 2.22. The Kier molecular flexibility index (Phi) is 6.14. The zero-order chi connectivity index (χ0) is 18.5. The molecule has 0 saturated carbocycles. The largest absolute Gasteiger partial charge is 0.496 e. The molecule has 0 saturated heterocycles. The van der Waals surface area contributed by atoms with Gasteiger partial charge in [-0.15, -0.1) is 11.3 Å². The number of para-hydroxylation sites is 1. The second-order valence-corrected chi connectivity index (χ2v) is 7.34. The van der Waals surface area contributed by atoms with E-state index in [0.717, 1.165) is 16.2 Å². The Morgan fingerprint density at radius 1 is 1.12 bits per heavy atom. The van der Waals surface area contributed by atoms with Gasteiger partial charge in [-0.25, -0.2) is 4.98 Å². The number of benzene rings is 1. The predicted octanol–water partition coefficient (Wildman–Crippen LogP) is 5.30. The molecule has 0 aliphatic heterocycles. The topological polar surface area (TPSA) is 42.4 Å². The van der Waals surface area contributed by atoms with Crippen LogP contribution in [0.3, 0.4) is 0 Å². The van der Waals surface area contributed by atoms with Crippen molar-refractivity contribution in [1.29, 1.82) is 0 Å². The first-order chi connectivity index (χ1) is 12.6. The smallest absolute Gasteiger partial charge is 0.274 e. The van der Waals surface area contributed by atoms with E-state index in [-0.39, 0.29) is 21.8 Å². The van der Waals surface area contributed by atoms with E-state index in [2.05, 4.69) is 4.98 Å². The van der Waals surface area contributed by atoms with E-state index in [1.807, 2.05) is 41.8 Å². The molecule has 2 aromatic heterocycles. The summed E-state index contributed by atoms with van der Waals surface area (Å²) < 4.78 is 5.41. The molecular formula is C19H16Cl2N2O2S. The van der Waals surface area contributed by atoms with Crippen molar-refractivity contribution < 1.29 is 9.53 Å². The van der Waals surface area contributed by atoms with Crippen LogP contribution in [-0.2, 0) is 13.1 Å². The van der Waals surface area contributed by atoms with Crippen LogP contribution in [0.15, 0.2) is 53.9 Å². The number of halogens is 2. The molecule has 0 aliphatic carbocycles. The Hall–Kier alpha value is -2.08. The SMILES string of the molecule is COc1ccccc1CN(Cc1cccs1)C(=O)c1nc(Cl)ccc1Cl. The molecule has 3 aromatic rings. The molecule has 0 unspecified atom stereocenters. The van der Waals surface area contributed by atoms with Gasteiger partial charge in [0.1, 0.15) is 16.6 Å². The summed E-state index contributed by atoms with van der Waals surface area (Å²) in [6.45, 7) is 0.810. The molecule has 0 atom stereocenters.